The van der Waals surface area contributed by atoms with E-state index in [1.54, 1.807) is 6.20 Å². The average Bonchev–Trinajstić information content (AvgIpc) is 2.77. The van der Waals surface area contributed by atoms with E-state index in [1.165, 1.54) is 12.0 Å². The molecule has 0 aliphatic heterocycles. The van der Waals surface area contributed by atoms with E-state index in [2.05, 4.69) is 47.5 Å². The summed E-state index contributed by atoms with van der Waals surface area (Å²) in [5.41, 5.74) is 12.6. The van der Waals surface area contributed by atoms with E-state index in [4.69, 9.17) is 10.7 Å². The predicted octanol–water partition coefficient (Wildman–Crippen LogP) is 5.17. The number of benzene rings is 2. The predicted molar refractivity (Wildman–Crippen MR) is 115 cm³/mol. The van der Waals surface area contributed by atoms with Gasteiger partial charge in [0.25, 0.3) is 0 Å². The number of pyridine rings is 2. The van der Waals surface area contributed by atoms with Gasteiger partial charge in [0.05, 0.1) is 11.2 Å². The van der Waals surface area contributed by atoms with Crippen molar-refractivity contribution in [2.45, 2.75) is 24.8 Å². The van der Waals surface area contributed by atoms with Crippen LogP contribution in [0.1, 0.15) is 30.5 Å². The van der Waals surface area contributed by atoms with E-state index in [0.717, 1.165) is 46.1 Å². The first-order valence-electron chi connectivity index (χ1n) is 9.83. The molecule has 140 valence electrons. The van der Waals surface area contributed by atoms with E-state index >= 15 is 0 Å². The highest BCUT2D eigenvalue weighted by atomic mass is 14.8. The van der Waals surface area contributed by atoms with Crippen molar-refractivity contribution >= 4 is 10.9 Å². The molecular formula is C25H20N4. The normalized spacial score (nSPS) is 14.9. The Labute approximate surface area is 169 Å². The Kier molecular flexibility index (Phi) is 4.12. The van der Waals surface area contributed by atoms with Crippen LogP contribution in [0.4, 0.5) is 0 Å². The van der Waals surface area contributed by atoms with E-state index < -0.39 is 0 Å². The average molecular weight is 376 g/mol. The van der Waals surface area contributed by atoms with Crippen LogP contribution in [0.25, 0.3) is 33.3 Å². The molecule has 1 aliphatic rings. The van der Waals surface area contributed by atoms with Gasteiger partial charge in [-0.15, -0.1) is 0 Å². The van der Waals surface area contributed by atoms with Crippen LogP contribution in [0.3, 0.4) is 0 Å². The minimum absolute atomic E-state index is 0.176. The molecule has 0 saturated heterocycles. The molecule has 0 radical (unpaired) electrons. The second kappa shape index (κ2) is 6.80. The summed E-state index contributed by atoms with van der Waals surface area (Å²) in [7, 11) is 0. The summed E-state index contributed by atoms with van der Waals surface area (Å²) in [6.45, 7) is 0. The molecule has 0 spiro atoms. The highest BCUT2D eigenvalue weighted by Crippen LogP contribution is 2.40. The lowest BCUT2D eigenvalue weighted by molar-refractivity contribution is 0.253. The van der Waals surface area contributed by atoms with Gasteiger partial charge in [-0.05, 0) is 42.5 Å². The highest BCUT2D eigenvalue weighted by molar-refractivity contribution is 5.93. The summed E-state index contributed by atoms with van der Waals surface area (Å²) in [6, 6.07) is 24.7. The van der Waals surface area contributed by atoms with Crippen molar-refractivity contribution in [3.63, 3.8) is 0 Å². The fraction of sp³-hybridized carbons (Fsp3) is 0.160. The van der Waals surface area contributed by atoms with E-state index in [9.17, 15) is 5.26 Å². The van der Waals surface area contributed by atoms with Gasteiger partial charge in [0.2, 0.25) is 0 Å². The van der Waals surface area contributed by atoms with Crippen LogP contribution in [0, 0.1) is 11.3 Å². The molecule has 0 amide bonds. The number of hydrogen-bond acceptors (Lipinski definition) is 4. The third-order valence-corrected chi connectivity index (χ3v) is 5.91. The van der Waals surface area contributed by atoms with E-state index in [-0.39, 0.29) is 5.54 Å². The van der Waals surface area contributed by atoms with Crippen molar-refractivity contribution in [2.75, 3.05) is 0 Å². The monoisotopic (exact) mass is 376 g/mol. The van der Waals surface area contributed by atoms with Crippen LogP contribution < -0.4 is 5.73 Å². The first-order chi connectivity index (χ1) is 14.2. The van der Waals surface area contributed by atoms with Gasteiger partial charge in [0.1, 0.15) is 11.8 Å². The van der Waals surface area contributed by atoms with E-state index in [0.29, 0.717) is 5.69 Å². The second-order valence-corrected chi connectivity index (χ2v) is 7.68. The van der Waals surface area contributed by atoms with E-state index in [1.807, 2.05) is 30.3 Å². The summed E-state index contributed by atoms with van der Waals surface area (Å²) in [5, 5.41) is 10.2. The topological polar surface area (TPSA) is 75.6 Å². The number of nitriles is 1. The standard InChI is InChI=1S/C25H20N4/c26-16-23-21-15-20(17-5-2-1-3-6-17)24(29-22(21)11-14-28-23)18-7-9-19(10-8-18)25(27)12-4-13-25/h1-3,5-11,14-15H,4,12-13,27H2. The van der Waals surface area contributed by atoms with Gasteiger partial charge in [-0.3, -0.25) is 0 Å². The van der Waals surface area contributed by atoms with Crippen LogP contribution in [0.5, 0.6) is 0 Å². The van der Waals surface area contributed by atoms with Crippen LogP contribution in [-0.4, -0.2) is 9.97 Å². The fourth-order valence-electron chi connectivity index (χ4n) is 4.05. The van der Waals surface area contributed by atoms with Gasteiger partial charge in [-0.25, -0.2) is 9.97 Å². The van der Waals surface area contributed by atoms with Crippen LogP contribution >= 0.6 is 0 Å². The lowest BCUT2D eigenvalue weighted by Gasteiger charge is -2.38. The molecule has 0 atom stereocenters. The number of rotatable bonds is 3. The zero-order valence-corrected chi connectivity index (χ0v) is 16.0. The third kappa shape index (κ3) is 2.97. The maximum atomic E-state index is 9.47. The van der Waals surface area contributed by atoms with Crippen molar-refractivity contribution in [1.82, 2.24) is 9.97 Å². The summed E-state index contributed by atoms with van der Waals surface area (Å²) in [4.78, 5) is 9.14. The van der Waals surface area contributed by atoms with Gasteiger partial charge < -0.3 is 5.73 Å². The molecule has 2 aromatic carbocycles. The largest absolute Gasteiger partial charge is 0.321 e. The SMILES string of the molecule is N#Cc1nccc2nc(-c3ccc(C4(N)CCC4)cc3)c(-c3ccccc3)cc12. The molecule has 0 unspecified atom stereocenters. The fourth-order valence-corrected chi connectivity index (χ4v) is 4.05. The number of hydrogen-bond donors (Lipinski definition) is 1. The van der Waals surface area contributed by atoms with Gasteiger partial charge in [-0.1, -0.05) is 54.6 Å². The summed E-state index contributed by atoms with van der Waals surface area (Å²) in [6.07, 6.45) is 4.91. The Morgan fingerprint density at radius 3 is 2.34 bits per heavy atom. The van der Waals surface area contributed by atoms with Crippen molar-refractivity contribution in [3.8, 4) is 28.5 Å². The smallest absolute Gasteiger partial charge is 0.149 e. The molecule has 1 fully saturated rings. The minimum atomic E-state index is -0.176. The second-order valence-electron chi connectivity index (χ2n) is 7.68. The molecule has 0 bridgehead atoms. The molecule has 4 nitrogen and oxygen atoms in total. The molecule has 4 aromatic rings. The van der Waals surface area contributed by atoms with Crippen molar-refractivity contribution in [3.05, 3.63) is 84.2 Å². The van der Waals surface area contributed by atoms with Crippen molar-refractivity contribution < 1.29 is 0 Å². The Morgan fingerprint density at radius 2 is 1.69 bits per heavy atom. The third-order valence-electron chi connectivity index (χ3n) is 5.91. The zero-order chi connectivity index (χ0) is 19.8. The maximum Gasteiger partial charge on any atom is 0.149 e. The number of aromatic nitrogens is 2. The van der Waals surface area contributed by atoms with Gasteiger partial charge in [0, 0.05) is 28.2 Å². The molecular weight excluding hydrogens is 356 g/mol. The summed E-state index contributed by atoms with van der Waals surface area (Å²) >= 11 is 0. The summed E-state index contributed by atoms with van der Waals surface area (Å²) < 4.78 is 0. The molecule has 2 N–H and O–H groups in total. The Hall–Kier alpha value is -3.55. The maximum absolute atomic E-state index is 9.47. The Bertz CT molecular complexity index is 1230. The van der Waals surface area contributed by atoms with Gasteiger partial charge in [-0.2, -0.15) is 5.26 Å². The van der Waals surface area contributed by atoms with Crippen LogP contribution in [0.2, 0.25) is 0 Å². The van der Waals surface area contributed by atoms with Crippen molar-refractivity contribution in [1.29, 1.82) is 5.26 Å². The summed E-state index contributed by atoms with van der Waals surface area (Å²) in [5.74, 6) is 0. The van der Waals surface area contributed by atoms with Gasteiger partial charge in [0.15, 0.2) is 0 Å². The molecule has 29 heavy (non-hydrogen) atoms. The number of nitrogens with zero attached hydrogens (tertiary/aromatic N) is 3. The first kappa shape index (κ1) is 17.5. The molecule has 1 saturated carbocycles. The quantitative estimate of drug-likeness (QED) is 0.535. The number of fused-ring (bicyclic) bond motifs is 1. The van der Waals surface area contributed by atoms with Crippen molar-refractivity contribution in [2.24, 2.45) is 5.73 Å². The lowest BCUT2D eigenvalue weighted by Crippen LogP contribution is -2.43. The molecule has 1 aliphatic carbocycles. The molecule has 5 rings (SSSR count). The highest BCUT2D eigenvalue weighted by Gasteiger charge is 2.34. The minimum Gasteiger partial charge on any atom is -0.321 e. The number of nitrogens with two attached hydrogens (primary N) is 1. The molecule has 2 aromatic heterocycles. The first-order valence-corrected chi connectivity index (χ1v) is 9.83. The Balaban J connectivity index is 1.71. The molecule has 2 heterocycles. The van der Waals surface area contributed by atoms with Crippen LogP contribution in [-0.2, 0) is 5.54 Å². The lowest BCUT2D eigenvalue weighted by atomic mass is 9.72. The zero-order valence-electron chi connectivity index (χ0n) is 16.0. The van der Waals surface area contributed by atoms with Gasteiger partial charge >= 0.3 is 0 Å². The van der Waals surface area contributed by atoms with Crippen LogP contribution in [0.15, 0.2) is 72.9 Å². The Morgan fingerprint density at radius 1 is 0.931 bits per heavy atom. The molecule has 4 heteroatoms.